The van der Waals surface area contributed by atoms with Crippen molar-refractivity contribution in [2.75, 3.05) is 25.7 Å². The largest absolute Gasteiger partial charge is 0.491 e. The number of aliphatic hydroxyl groups is 3. The number of aryl methyl sites for hydroxylation is 1. The lowest BCUT2D eigenvalue weighted by Gasteiger charge is -2.27. The fourth-order valence-corrected chi connectivity index (χ4v) is 2.90. The van der Waals surface area contributed by atoms with Crippen molar-refractivity contribution in [3.8, 4) is 11.5 Å². The van der Waals surface area contributed by atoms with E-state index in [-0.39, 0.29) is 58.1 Å². The molecule has 0 heterocycles. The van der Waals surface area contributed by atoms with Gasteiger partial charge in [-0.2, -0.15) is 27.0 Å². The Labute approximate surface area is 197 Å². The van der Waals surface area contributed by atoms with Crippen LogP contribution in [-0.4, -0.2) is 53.2 Å². The number of rotatable bonds is 10. The highest BCUT2D eigenvalue weighted by Crippen LogP contribution is 2.34. The van der Waals surface area contributed by atoms with Crippen LogP contribution >= 0.6 is 38.6 Å². The predicted octanol–water partition coefficient (Wildman–Crippen LogP) is 3.26. The van der Waals surface area contributed by atoms with Gasteiger partial charge in [-0.25, -0.2) is 0 Å². The molecule has 2 aromatic rings. The zero-order chi connectivity index (χ0) is 20.7. The van der Waals surface area contributed by atoms with E-state index in [1.54, 1.807) is 0 Å². The van der Waals surface area contributed by atoms with Crippen LogP contribution in [0.1, 0.15) is 30.5 Å². The molecular formula is C22H33ClO5S2. The van der Waals surface area contributed by atoms with Gasteiger partial charge in [0, 0.05) is 5.41 Å². The summed E-state index contributed by atoms with van der Waals surface area (Å²) in [6.07, 6.45) is -1.57. The fourth-order valence-electron chi connectivity index (χ4n) is 2.81. The number of hydrogen-bond donors (Lipinski definition) is 3. The monoisotopic (exact) mass is 476 g/mol. The van der Waals surface area contributed by atoms with E-state index in [1.807, 2.05) is 43.3 Å². The summed E-state index contributed by atoms with van der Waals surface area (Å²) in [7, 11) is 0. The third-order valence-electron chi connectivity index (χ3n) is 4.74. The molecule has 170 valence electrons. The SMILES string of the molecule is Cc1cc(C(C)(C)c2ccc(OC[C@H](O)CCl)cc2)ccc1OC[C@@H](O)CO.S.S. The second-order valence-electron chi connectivity index (χ2n) is 7.40. The summed E-state index contributed by atoms with van der Waals surface area (Å²) < 4.78 is 11.1. The minimum absolute atomic E-state index is 0. The van der Waals surface area contributed by atoms with Crippen LogP contribution in [0.2, 0.25) is 0 Å². The first-order valence-electron chi connectivity index (χ1n) is 9.28. The van der Waals surface area contributed by atoms with Crippen LogP contribution < -0.4 is 9.47 Å². The zero-order valence-electron chi connectivity index (χ0n) is 17.6. The average Bonchev–Trinajstić information content (AvgIpc) is 2.70. The first-order valence-corrected chi connectivity index (χ1v) is 9.81. The summed E-state index contributed by atoms with van der Waals surface area (Å²) in [6, 6.07) is 13.8. The molecule has 0 aliphatic heterocycles. The zero-order valence-corrected chi connectivity index (χ0v) is 20.3. The van der Waals surface area contributed by atoms with E-state index in [1.165, 1.54) is 0 Å². The first-order chi connectivity index (χ1) is 13.3. The Morgan fingerprint density at radius 1 is 0.900 bits per heavy atom. The first kappa shape index (κ1) is 28.9. The Morgan fingerprint density at radius 2 is 1.47 bits per heavy atom. The van der Waals surface area contributed by atoms with E-state index in [0.717, 1.165) is 16.7 Å². The number of hydrogen-bond acceptors (Lipinski definition) is 5. The third-order valence-corrected chi connectivity index (χ3v) is 5.09. The van der Waals surface area contributed by atoms with E-state index < -0.39 is 12.2 Å². The molecule has 2 rings (SSSR count). The summed E-state index contributed by atoms with van der Waals surface area (Å²) in [5.41, 5.74) is 2.99. The van der Waals surface area contributed by atoms with Crippen molar-refractivity contribution < 1.29 is 24.8 Å². The van der Waals surface area contributed by atoms with Gasteiger partial charge in [0.2, 0.25) is 0 Å². The predicted molar refractivity (Wildman–Crippen MR) is 131 cm³/mol. The minimum Gasteiger partial charge on any atom is -0.491 e. The molecule has 0 bridgehead atoms. The van der Waals surface area contributed by atoms with Crippen molar-refractivity contribution in [3.63, 3.8) is 0 Å². The van der Waals surface area contributed by atoms with E-state index in [0.29, 0.717) is 11.5 Å². The molecule has 0 radical (unpaired) electrons. The molecule has 2 atom stereocenters. The second kappa shape index (κ2) is 13.3. The maximum Gasteiger partial charge on any atom is 0.122 e. The normalized spacial score (nSPS) is 12.9. The van der Waals surface area contributed by atoms with E-state index in [4.69, 9.17) is 26.2 Å². The molecule has 0 unspecified atom stereocenters. The molecule has 0 aliphatic rings. The van der Waals surface area contributed by atoms with E-state index in [9.17, 15) is 10.2 Å². The molecule has 2 aromatic carbocycles. The van der Waals surface area contributed by atoms with Crippen molar-refractivity contribution in [1.82, 2.24) is 0 Å². The molecule has 0 spiro atoms. The molecule has 0 amide bonds. The number of alkyl halides is 1. The highest BCUT2D eigenvalue weighted by molar-refractivity contribution is 7.59. The van der Waals surface area contributed by atoms with Gasteiger partial charge >= 0.3 is 0 Å². The number of benzene rings is 2. The Balaban J connectivity index is 0.00000420. The summed E-state index contributed by atoms with van der Waals surface area (Å²) in [5, 5.41) is 27.8. The molecule has 3 N–H and O–H groups in total. The van der Waals surface area contributed by atoms with Crippen LogP contribution in [0.3, 0.4) is 0 Å². The molecule has 0 aliphatic carbocycles. The van der Waals surface area contributed by atoms with Gasteiger partial charge in [-0.3, -0.25) is 0 Å². The van der Waals surface area contributed by atoms with Crippen LogP contribution in [0.4, 0.5) is 0 Å². The van der Waals surface area contributed by atoms with Gasteiger partial charge in [-0.05, 0) is 41.8 Å². The number of halogens is 1. The minimum atomic E-state index is -0.887. The van der Waals surface area contributed by atoms with Crippen LogP contribution in [0, 0.1) is 6.92 Å². The average molecular weight is 477 g/mol. The van der Waals surface area contributed by atoms with Gasteiger partial charge in [0.1, 0.15) is 36.9 Å². The van der Waals surface area contributed by atoms with Crippen molar-refractivity contribution in [2.24, 2.45) is 0 Å². The molecule has 0 saturated carbocycles. The number of ether oxygens (including phenoxy) is 2. The highest BCUT2D eigenvalue weighted by atomic mass is 35.5. The van der Waals surface area contributed by atoms with Gasteiger partial charge < -0.3 is 24.8 Å². The molecule has 0 saturated heterocycles. The van der Waals surface area contributed by atoms with Gasteiger partial charge in [-0.15, -0.1) is 11.6 Å². The number of aliphatic hydroxyl groups excluding tert-OH is 3. The highest BCUT2D eigenvalue weighted by Gasteiger charge is 2.24. The Hall–Kier alpha value is -1.09. The van der Waals surface area contributed by atoms with Crippen molar-refractivity contribution in [1.29, 1.82) is 0 Å². The molecule has 30 heavy (non-hydrogen) atoms. The lowest BCUT2D eigenvalue weighted by molar-refractivity contribution is 0.0534. The lowest BCUT2D eigenvalue weighted by atomic mass is 9.77. The summed E-state index contributed by atoms with van der Waals surface area (Å²) in [4.78, 5) is 0. The van der Waals surface area contributed by atoms with Crippen LogP contribution in [0.25, 0.3) is 0 Å². The van der Waals surface area contributed by atoms with Gasteiger partial charge in [0.05, 0.1) is 12.5 Å². The fraction of sp³-hybridized carbons (Fsp3) is 0.455. The Bertz CT molecular complexity index is 756. The van der Waals surface area contributed by atoms with Crippen molar-refractivity contribution >= 4 is 38.6 Å². The summed E-state index contributed by atoms with van der Waals surface area (Å²) >= 11 is 5.58. The van der Waals surface area contributed by atoms with E-state index >= 15 is 0 Å². The topological polar surface area (TPSA) is 79.2 Å². The van der Waals surface area contributed by atoms with Crippen molar-refractivity contribution in [3.05, 3.63) is 59.2 Å². The smallest absolute Gasteiger partial charge is 0.122 e. The van der Waals surface area contributed by atoms with E-state index in [2.05, 4.69) is 19.9 Å². The van der Waals surface area contributed by atoms with Crippen LogP contribution in [-0.2, 0) is 5.41 Å². The second-order valence-corrected chi connectivity index (χ2v) is 7.70. The van der Waals surface area contributed by atoms with Gasteiger partial charge in [-0.1, -0.05) is 38.1 Å². The molecule has 8 heteroatoms. The van der Waals surface area contributed by atoms with Crippen LogP contribution in [0.5, 0.6) is 11.5 Å². The summed E-state index contributed by atoms with van der Waals surface area (Å²) in [6.45, 7) is 6.14. The molecule has 0 fully saturated rings. The van der Waals surface area contributed by atoms with Gasteiger partial charge in [0.25, 0.3) is 0 Å². The lowest BCUT2D eigenvalue weighted by Crippen LogP contribution is -2.22. The molecule has 5 nitrogen and oxygen atoms in total. The van der Waals surface area contributed by atoms with Crippen LogP contribution in [0.15, 0.2) is 42.5 Å². The third kappa shape index (κ3) is 7.87. The van der Waals surface area contributed by atoms with Crippen molar-refractivity contribution in [2.45, 2.75) is 38.4 Å². The maximum atomic E-state index is 9.49. The summed E-state index contributed by atoms with van der Waals surface area (Å²) in [5.74, 6) is 1.52. The van der Waals surface area contributed by atoms with Gasteiger partial charge in [0.15, 0.2) is 0 Å². The standard InChI is InChI=1S/C22H29ClO5.2H2S/c1-15-10-17(6-9-21(15)28-14-19(26)12-24)22(2,3)16-4-7-20(8-5-16)27-13-18(25)11-23;;/h4-10,18-19,24-26H,11-14H2,1-3H3;2*1H2/t18-,19+;;/m1../s1. The Kier molecular flexibility index (Phi) is 12.9. The maximum absolute atomic E-state index is 9.49. The molecular weight excluding hydrogens is 444 g/mol. The quantitative estimate of drug-likeness (QED) is 0.459. The Morgan fingerprint density at radius 3 is 2.00 bits per heavy atom. The molecule has 0 aromatic heterocycles.